The number of fused-ring (bicyclic) bond motifs is 4. The molecule has 0 unspecified atom stereocenters. The number of amides is 3. The van der Waals surface area contributed by atoms with E-state index in [0.717, 1.165) is 11.1 Å². The van der Waals surface area contributed by atoms with Crippen LogP contribution in [-0.2, 0) is 21.3 Å². The highest BCUT2D eigenvalue weighted by Crippen LogP contribution is 2.31. The lowest BCUT2D eigenvalue weighted by Crippen LogP contribution is -2.62. The van der Waals surface area contributed by atoms with Gasteiger partial charge >= 0.3 is 6.09 Å². The van der Waals surface area contributed by atoms with Crippen molar-refractivity contribution in [3.8, 4) is 16.9 Å². The van der Waals surface area contributed by atoms with Crippen LogP contribution in [0.5, 0.6) is 5.75 Å². The maximum absolute atomic E-state index is 14.0. The summed E-state index contributed by atoms with van der Waals surface area (Å²) >= 11 is 0. The third-order valence-electron chi connectivity index (χ3n) is 7.60. The number of aliphatic hydroxyl groups is 1. The lowest BCUT2D eigenvalue weighted by molar-refractivity contribution is -0.135. The third-order valence-corrected chi connectivity index (χ3v) is 7.60. The maximum atomic E-state index is 14.0. The van der Waals surface area contributed by atoms with Crippen LogP contribution in [0.1, 0.15) is 50.4 Å². The molecular weight excluding hydrogens is 530 g/mol. The van der Waals surface area contributed by atoms with E-state index in [1.54, 1.807) is 37.7 Å². The van der Waals surface area contributed by atoms with Gasteiger partial charge in [0, 0.05) is 44.9 Å². The van der Waals surface area contributed by atoms with Crippen molar-refractivity contribution in [2.45, 2.75) is 70.0 Å². The van der Waals surface area contributed by atoms with Gasteiger partial charge in [-0.1, -0.05) is 6.07 Å². The summed E-state index contributed by atoms with van der Waals surface area (Å²) < 4.78 is 19.6. The third kappa shape index (κ3) is 6.65. The molecule has 1 aromatic heterocycles. The number of aliphatic hydroxyl groups excluding tert-OH is 1. The maximum Gasteiger partial charge on any atom is 0.410 e. The number of hydrogen-bond donors (Lipinski definition) is 2. The van der Waals surface area contributed by atoms with Gasteiger partial charge in [0.05, 0.1) is 37.1 Å². The number of benzene rings is 1. The summed E-state index contributed by atoms with van der Waals surface area (Å²) in [5.74, 6) is -0.402. The summed E-state index contributed by atoms with van der Waals surface area (Å²) in [6.45, 7) is 6.03. The molecule has 12 nitrogen and oxygen atoms in total. The number of rotatable bonds is 1. The van der Waals surface area contributed by atoms with Crippen LogP contribution < -0.4 is 10.1 Å². The highest BCUT2D eigenvalue weighted by atomic mass is 16.6. The number of nitrogens with zero attached hydrogens (tertiary/aromatic N) is 4. The van der Waals surface area contributed by atoms with Crippen molar-refractivity contribution >= 4 is 17.9 Å². The Morgan fingerprint density at radius 3 is 2.68 bits per heavy atom. The number of nitrogens with one attached hydrogen (secondary N) is 1. The molecule has 222 valence electrons. The molecule has 3 amide bonds. The van der Waals surface area contributed by atoms with Crippen molar-refractivity contribution in [2.24, 2.45) is 7.05 Å². The van der Waals surface area contributed by atoms with Gasteiger partial charge in [0.15, 0.2) is 0 Å². The molecule has 2 fully saturated rings. The van der Waals surface area contributed by atoms with Gasteiger partial charge in [-0.3, -0.25) is 14.3 Å². The molecule has 5 rings (SSSR count). The minimum Gasteiger partial charge on any atom is -0.493 e. The van der Waals surface area contributed by atoms with Crippen molar-refractivity contribution in [1.29, 1.82) is 0 Å². The summed E-state index contributed by atoms with van der Waals surface area (Å²) in [6.07, 6.45) is 3.40. The van der Waals surface area contributed by atoms with E-state index in [1.807, 2.05) is 25.4 Å². The number of hydrogen-bond acceptors (Lipinski definition) is 8. The molecule has 3 aliphatic heterocycles. The molecule has 4 atom stereocenters. The van der Waals surface area contributed by atoms with Crippen molar-refractivity contribution in [3.63, 3.8) is 0 Å². The summed E-state index contributed by atoms with van der Waals surface area (Å²) in [5.41, 5.74) is 1.34. The first kappa shape index (κ1) is 28.9. The predicted molar refractivity (Wildman–Crippen MR) is 148 cm³/mol. The summed E-state index contributed by atoms with van der Waals surface area (Å²) in [6, 6.07) is 4.39. The number of ether oxygens (including phenoxy) is 3. The van der Waals surface area contributed by atoms with Crippen molar-refractivity contribution in [2.75, 3.05) is 32.8 Å². The minimum absolute atomic E-state index is 0.0346. The van der Waals surface area contributed by atoms with Crippen LogP contribution in [0, 0.1) is 0 Å². The fourth-order valence-corrected chi connectivity index (χ4v) is 5.43. The molecule has 2 N–H and O–H groups in total. The van der Waals surface area contributed by atoms with Crippen molar-refractivity contribution in [3.05, 3.63) is 36.2 Å². The van der Waals surface area contributed by atoms with Crippen LogP contribution >= 0.6 is 0 Å². The molecule has 0 saturated carbocycles. The zero-order chi connectivity index (χ0) is 29.3. The fraction of sp³-hybridized carbons (Fsp3) is 0.586. The van der Waals surface area contributed by atoms with Crippen molar-refractivity contribution < 1.29 is 33.7 Å². The quantitative estimate of drug-likeness (QED) is 0.532. The van der Waals surface area contributed by atoms with Crippen LogP contribution in [0.4, 0.5) is 4.79 Å². The van der Waals surface area contributed by atoms with E-state index >= 15 is 0 Å². The molecule has 41 heavy (non-hydrogen) atoms. The van der Waals surface area contributed by atoms with Crippen LogP contribution in [0.25, 0.3) is 11.1 Å². The van der Waals surface area contributed by atoms with Gasteiger partial charge in [0.2, 0.25) is 5.91 Å². The molecule has 1 aromatic carbocycles. The topological polar surface area (TPSA) is 135 Å². The van der Waals surface area contributed by atoms with Gasteiger partial charge in [0.25, 0.3) is 5.91 Å². The summed E-state index contributed by atoms with van der Waals surface area (Å²) in [4.78, 5) is 43.4. The summed E-state index contributed by atoms with van der Waals surface area (Å²) in [5, 5.41) is 17.6. The lowest BCUT2D eigenvalue weighted by atomic mass is 9.99. The largest absolute Gasteiger partial charge is 0.493 e. The molecule has 2 aromatic rings. The second-order valence-corrected chi connectivity index (χ2v) is 11.9. The SMILES string of the molecule is Cn1cc(-c2ccc3c(c2)OCC[C@@H]2CC[C@H](O)[C@@H](CNC(=O)[C@@H]4CN(C(=O)OC(C)(C)C)CCN4C3=O)O2)cn1. The van der Waals surface area contributed by atoms with Crippen LogP contribution in [0.2, 0.25) is 0 Å². The van der Waals surface area contributed by atoms with E-state index in [9.17, 15) is 19.5 Å². The Morgan fingerprint density at radius 2 is 1.95 bits per heavy atom. The molecule has 12 heteroatoms. The fourth-order valence-electron chi connectivity index (χ4n) is 5.43. The molecular formula is C29H39N5O7. The summed E-state index contributed by atoms with van der Waals surface area (Å²) in [7, 11) is 1.83. The first-order valence-electron chi connectivity index (χ1n) is 14.1. The van der Waals surface area contributed by atoms with Gasteiger partial charge < -0.3 is 34.4 Å². The zero-order valence-electron chi connectivity index (χ0n) is 24.0. The normalized spacial score (nSPS) is 25.8. The molecule has 0 aliphatic carbocycles. The Labute approximate surface area is 239 Å². The molecule has 2 bridgehead atoms. The van der Waals surface area contributed by atoms with Gasteiger partial charge in [-0.2, -0.15) is 5.10 Å². The Bertz CT molecular complexity index is 1290. The minimum atomic E-state index is -0.978. The predicted octanol–water partition coefficient (Wildman–Crippen LogP) is 1.96. The van der Waals surface area contributed by atoms with E-state index in [-0.39, 0.29) is 38.2 Å². The van der Waals surface area contributed by atoms with Crippen LogP contribution in [-0.4, -0.2) is 105 Å². The van der Waals surface area contributed by atoms with Crippen LogP contribution in [0.3, 0.4) is 0 Å². The molecule has 0 radical (unpaired) electrons. The molecule has 4 heterocycles. The van der Waals surface area contributed by atoms with Crippen LogP contribution in [0.15, 0.2) is 30.6 Å². The average Bonchev–Trinajstić information content (AvgIpc) is 3.37. The standard InChI is InChI=1S/C29H39N5O7/c1-29(2,3)41-28(38)33-10-11-34-22(17-33)26(36)30-15-25-23(35)8-6-20(40-25)9-12-39-24-13-18(5-7-21(24)27(34)37)19-14-31-32(4)16-19/h5,7,13-14,16,20,22-23,25,35H,6,8-12,15,17H2,1-4H3,(H,30,36)/t20-,22-,23-,25+/m0/s1. The van der Waals surface area contributed by atoms with Gasteiger partial charge in [-0.15, -0.1) is 0 Å². The van der Waals surface area contributed by atoms with Gasteiger partial charge in [-0.25, -0.2) is 4.79 Å². The second kappa shape index (κ2) is 11.7. The Kier molecular flexibility index (Phi) is 8.23. The number of carbonyl (C=O) groups excluding carboxylic acids is 3. The smallest absolute Gasteiger partial charge is 0.410 e. The van der Waals surface area contributed by atoms with Gasteiger partial charge in [-0.05, 0) is 51.3 Å². The van der Waals surface area contributed by atoms with E-state index < -0.39 is 35.9 Å². The molecule has 0 spiro atoms. The first-order chi connectivity index (χ1) is 19.5. The average molecular weight is 570 g/mol. The van der Waals surface area contributed by atoms with Crippen molar-refractivity contribution in [1.82, 2.24) is 24.9 Å². The van der Waals surface area contributed by atoms with E-state index in [2.05, 4.69) is 10.4 Å². The van der Waals surface area contributed by atoms with E-state index in [1.165, 1.54) is 9.80 Å². The monoisotopic (exact) mass is 569 g/mol. The highest BCUT2D eigenvalue weighted by Gasteiger charge is 2.40. The number of aromatic nitrogens is 2. The number of carbonyl (C=O) groups is 3. The molecule has 2 saturated heterocycles. The Hall–Kier alpha value is -3.64. The molecule has 3 aliphatic rings. The van der Waals surface area contributed by atoms with E-state index in [4.69, 9.17) is 14.2 Å². The Balaban J connectivity index is 1.48. The zero-order valence-corrected chi connectivity index (χ0v) is 24.0. The number of aryl methyl sites for hydroxylation is 1. The lowest BCUT2D eigenvalue weighted by Gasteiger charge is -2.41. The first-order valence-corrected chi connectivity index (χ1v) is 14.1. The van der Waals surface area contributed by atoms with E-state index in [0.29, 0.717) is 37.2 Å². The highest BCUT2D eigenvalue weighted by molar-refractivity contribution is 6.00. The second-order valence-electron chi connectivity index (χ2n) is 11.9. The number of piperazine rings is 1. The van der Waals surface area contributed by atoms with Gasteiger partial charge in [0.1, 0.15) is 23.5 Å². The Morgan fingerprint density at radius 1 is 1.15 bits per heavy atom.